The normalized spacial score (nSPS) is 12.3. The number of hydrogen-bond donors (Lipinski definition) is 1. The van der Waals surface area contributed by atoms with Crippen molar-refractivity contribution in [2.24, 2.45) is 0 Å². The SMILES string of the molecule is CC(Nc1cc(F)c(F)cc1F)c1ccccc1Br. The van der Waals surface area contributed by atoms with E-state index in [-0.39, 0.29) is 11.7 Å². The summed E-state index contributed by atoms with van der Waals surface area (Å²) in [6.45, 7) is 1.81. The number of anilines is 1. The van der Waals surface area contributed by atoms with Gasteiger partial charge in [-0.15, -0.1) is 0 Å². The fourth-order valence-corrected chi connectivity index (χ4v) is 2.40. The molecule has 0 bridgehead atoms. The van der Waals surface area contributed by atoms with Gasteiger partial charge in [-0.1, -0.05) is 34.1 Å². The second kappa shape index (κ2) is 5.65. The summed E-state index contributed by atoms with van der Waals surface area (Å²) >= 11 is 3.39. The van der Waals surface area contributed by atoms with Gasteiger partial charge >= 0.3 is 0 Å². The maximum Gasteiger partial charge on any atom is 0.161 e. The molecule has 0 spiro atoms. The predicted molar refractivity (Wildman–Crippen MR) is 72.5 cm³/mol. The van der Waals surface area contributed by atoms with Gasteiger partial charge < -0.3 is 5.32 Å². The smallest absolute Gasteiger partial charge is 0.161 e. The van der Waals surface area contributed by atoms with Crippen LogP contribution in [-0.2, 0) is 0 Å². The van der Waals surface area contributed by atoms with Gasteiger partial charge in [-0.2, -0.15) is 0 Å². The Hall–Kier alpha value is -1.49. The molecular weight excluding hydrogens is 319 g/mol. The second-order valence-electron chi connectivity index (χ2n) is 4.13. The van der Waals surface area contributed by atoms with Crippen LogP contribution in [0.3, 0.4) is 0 Å². The van der Waals surface area contributed by atoms with E-state index in [0.29, 0.717) is 6.07 Å². The van der Waals surface area contributed by atoms with E-state index >= 15 is 0 Å². The van der Waals surface area contributed by atoms with Crippen molar-refractivity contribution in [1.82, 2.24) is 0 Å². The van der Waals surface area contributed by atoms with Crippen LogP contribution in [0.2, 0.25) is 0 Å². The largest absolute Gasteiger partial charge is 0.376 e. The van der Waals surface area contributed by atoms with E-state index in [1.54, 1.807) is 6.92 Å². The molecule has 1 atom stereocenters. The first-order chi connectivity index (χ1) is 8.99. The minimum absolute atomic E-state index is 0.0675. The van der Waals surface area contributed by atoms with E-state index in [9.17, 15) is 13.2 Å². The maximum atomic E-state index is 13.5. The topological polar surface area (TPSA) is 12.0 Å². The lowest BCUT2D eigenvalue weighted by molar-refractivity contribution is 0.495. The zero-order valence-corrected chi connectivity index (χ0v) is 11.6. The zero-order chi connectivity index (χ0) is 14.0. The molecule has 0 radical (unpaired) electrons. The lowest BCUT2D eigenvalue weighted by Gasteiger charge is -2.17. The molecule has 1 nitrogen and oxygen atoms in total. The Morgan fingerprint density at radius 1 is 1.00 bits per heavy atom. The van der Waals surface area contributed by atoms with Crippen LogP contribution in [0.4, 0.5) is 18.9 Å². The fourth-order valence-electron chi connectivity index (χ4n) is 1.77. The number of rotatable bonds is 3. The van der Waals surface area contributed by atoms with Crippen LogP contribution in [-0.4, -0.2) is 0 Å². The van der Waals surface area contributed by atoms with E-state index < -0.39 is 17.5 Å². The van der Waals surface area contributed by atoms with Crippen LogP contribution in [0.25, 0.3) is 0 Å². The molecule has 100 valence electrons. The number of benzene rings is 2. The van der Waals surface area contributed by atoms with Crippen molar-refractivity contribution in [1.29, 1.82) is 0 Å². The molecule has 2 rings (SSSR count). The first-order valence-electron chi connectivity index (χ1n) is 5.64. The van der Waals surface area contributed by atoms with Gasteiger partial charge in [-0.25, -0.2) is 13.2 Å². The van der Waals surface area contributed by atoms with Crippen molar-refractivity contribution >= 4 is 21.6 Å². The molecule has 1 unspecified atom stereocenters. The monoisotopic (exact) mass is 329 g/mol. The van der Waals surface area contributed by atoms with Gasteiger partial charge in [0.15, 0.2) is 11.6 Å². The molecule has 19 heavy (non-hydrogen) atoms. The minimum atomic E-state index is -1.20. The molecule has 0 amide bonds. The Morgan fingerprint density at radius 2 is 1.63 bits per heavy atom. The summed E-state index contributed by atoms with van der Waals surface area (Å²) in [4.78, 5) is 0. The molecule has 1 N–H and O–H groups in total. The third kappa shape index (κ3) is 3.10. The number of nitrogens with one attached hydrogen (secondary N) is 1. The average Bonchev–Trinajstić information content (AvgIpc) is 2.36. The van der Waals surface area contributed by atoms with Gasteiger partial charge in [0.25, 0.3) is 0 Å². The van der Waals surface area contributed by atoms with Crippen molar-refractivity contribution in [3.05, 3.63) is 63.9 Å². The molecule has 2 aromatic carbocycles. The van der Waals surface area contributed by atoms with E-state index in [1.165, 1.54) is 0 Å². The third-order valence-corrected chi connectivity index (χ3v) is 3.48. The van der Waals surface area contributed by atoms with Gasteiger partial charge in [0.2, 0.25) is 0 Å². The van der Waals surface area contributed by atoms with Crippen molar-refractivity contribution in [3.63, 3.8) is 0 Å². The molecular formula is C14H11BrF3N. The summed E-state index contributed by atoms with van der Waals surface area (Å²) in [5.41, 5.74) is 0.828. The molecule has 0 aliphatic heterocycles. The lowest BCUT2D eigenvalue weighted by atomic mass is 10.1. The van der Waals surface area contributed by atoms with Gasteiger partial charge in [0.1, 0.15) is 5.82 Å². The van der Waals surface area contributed by atoms with Gasteiger partial charge in [0, 0.05) is 22.6 Å². The highest BCUT2D eigenvalue weighted by atomic mass is 79.9. The quantitative estimate of drug-likeness (QED) is 0.778. The first kappa shape index (κ1) is 13.9. The highest BCUT2D eigenvalue weighted by molar-refractivity contribution is 9.10. The Morgan fingerprint density at radius 3 is 2.32 bits per heavy atom. The molecule has 0 saturated carbocycles. The summed E-state index contributed by atoms with van der Waals surface area (Å²) in [6.07, 6.45) is 0. The standard InChI is InChI=1S/C14H11BrF3N/c1-8(9-4-2-3-5-10(9)15)19-14-7-12(17)11(16)6-13(14)18/h2-8,19H,1H3. The Labute approximate surface area is 117 Å². The van der Waals surface area contributed by atoms with Crippen molar-refractivity contribution < 1.29 is 13.2 Å². The third-order valence-electron chi connectivity index (χ3n) is 2.75. The Balaban J connectivity index is 2.27. The van der Waals surface area contributed by atoms with Crippen LogP contribution in [0.5, 0.6) is 0 Å². The maximum absolute atomic E-state index is 13.5. The highest BCUT2D eigenvalue weighted by Crippen LogP contribution is 2.28. The average molecular weight is 330 g/mol. The molecule has 0 saturated heterocycles. The lowest BCUT2D eigenvalue weighted by Crippen LogP contribution is -2.09. The summed E-state index contributed by atoms with van der Waals surface area (Å²) in [5, 5.41) is 2.82. The number of hydrogen-bond acceptors (Lipinski definition) is 1. The molecule has 0 aromatic heterocycles. The second-order valence-corrected chi connectivity index (χ2v) is 4.99. The highest BCUT2D eigenvalue weighted by Gasteiger charge is 2.14. The Bertz CT molecular complexity index is 601. The van der Waals surface area contributed by atoms with Crippen LogP contribution in [0.15, 0.2) is 40.9 Å². The summed E-state index contributed by atoms with van der Waals surface area (Å²) in [6, 6.07) is 8.52. The molecule has 5 heteroatoms. The molecule has 0 aliphatic carbocycles. The number of halogens is 4. The summed E-state index contributed by atoms with van der Waals surface area (Å²) in [7, 11) is 0. The predicted octanol–water partition coefficient (Wildman–Crippen LogP) is 5.04. The van der Waals surface area contributed by atoms with E-state index in [4.69, 9.17) is 0 Å². The zero-order valence-electron chi connectivity index (χ0n) is 10.1. The van der Waals surface area contributed by atoms with Crippen LogP contribution in [0.1, 0.15) is 18.5 Å². The minimum Gasteiger partial charge on any atom is -0.376 e. The molecule has 0 heterocycles. The molecule has 0 fully saturated rings. The van der Waals surface area contributed by atoms with E-state index in [2.05, 4.69) is 21.2 Å². The summed E-state index contributed by atoms with van der Waals surface area (Å²) < 4.78 is 40.3. The van der Waals surface area contributed by atoms with Crippen LogP contribution in [0, 0.1) is 17.5 Å². The first-order valence-corrected chi connectivity index (χ1v) is 6.44. The van der Waals surface area contributed by atoms with Gasteiger partial charge in [-0.3, -0.25) is 0 Å². The Kier molecular flexibility index (Phi) is 4.14. The van der Waals surface area contributed by atoms with Crippen molar-refractivity contribution in [2.75, 3.05) is 5.32 Å². The van der Waals surface area contributed by atoms with Crippen LogP contribution >= 0.6 is 15.9 Å². The van der Waals surface area contributed by atoms with Gasteiger partial charge in [-0.05, 0) is 18.6 Å². The fraction of sp³-hybridized carbons (Fsp3) is 0.143. The van der Waals surface area contributed by atoms with Crippen molar-refractivity contribution in [2.45, 2.75) is 13.0 Å². The van der Waals surface area contributed by atoms with E-state index in [0.717, 1.165) is 16.1 Å². The van der Waals surface area contributed by atoms with E-state index in [1.807, 2.05) is 24.3 Å². The van der Waals surface area contributed by atoms with Crippen LogP contribution < -0.4 is 5.32 Å². The van der Waals surface area contributed by atoms with Crippen molar-refractivity contribution in [3.8, 4) is 0 Å². The van der Waals surface area contributed by atoms with Gasteiger partial charge in [0.05, 0.1) is 5.69 Å². The molecule has 2 aromatic rings. The molecule has 0 aliphatic rings. The summed E-state index contributed by atoms with van der Waals surface area (Å²) in [5.74, 6) is -3.10.